The summed E-state index contributed by atoms with van der Waals surface area (Å²) in [6, 6.07) is 8.51. The molecule has 0 spiro atoms. The lowest BCUT2D eigenvalue weighted by atomic mass is 10.0. The third-order valence-electron chi connectivity index (χ3n) is 5.44. The molecule has 2 saturated heterocycles. The Bertz CT molecular complexity index is 941. The van der Waals surface area contributed by atoms with E-state index in [0.717, 1.165) is 5.56 Å². The number of ether oxygens (including phenoxy) is 2. The van der Waals surface area contributed by atoms with Gasteiger partial charge < -0.3 is 14.4 Å². The fourth-order valence-electron chi connectivity index (χ4n) is 3.88. The summed E-state index contributed by atoms with van der Waals surface area (Å²) in [7, 11) is 0. The Morgan fingerprint density at radius 2 is 1.94 bits per heavy atom. The van der Waals surface area contributed by atoms with Crippen LogP contribution in [0.3, 0.4) is 0 Å². The first-order valence-electron chi connectivity index (χ1n) is 10.3. The van der Waals surface area contributed by atoms with E-state index in [1.807, 2.05) is 30.3 Å². The molecule has 3 heterocycles. The molecule has 11 heteroatoms. The highest BCUT2D eigenvalue weighted by atomic mass is 16.6. The SMILES string of the molecule is CCOC(=O)C1COC(=O)N1C1CCN(C(=O)Cn2nnc(-c3ccccc3)n2)CC1. The molecule has 1 atom stereocenters. The van der Waals surface area contributed by atoms with Gasteiger partial charge in [-0.2, -0.15) is 4.80 Å². The molecule has 1 aromatic carbocycles. The minimum absolute atomic E-state index is 0.00146. The molecule has 2 amide bonds. The molecule has 2 aromatic rings. The van der Waals surface area contributed by atoms with Gasteiger partial charge in [0.2, 0.25) is 11.7 Å². The fraction of sp³-hybridized carbons (Fsp3) is 0.500. The molecule has 0 saturated carbocycles. The van der Waals surface area contributed by atoms with Crippen molar-refractivity contribution >= 4 is 18.0 Å². The quantitative estimate of drug-likeness (QED) is 0.617. The van der Waals surface area contributed by atoms with Crippen LogP contribution in [0.4, 0.5) is 4.79 Å². The van der Waals surface area contributed by atoms with E-state index >= 15 is 0 Å². The molecule has 0 N–H and O–H groups in total. The molecule has 4 rings (SSSR count). The van der Waals surface area contributed by atoms with E-state index in [1.54, 1.807) is 11.8 Å². The van der Waals surface area contributed by atoms with Gasteiger partial charge in [-0.15, -0.1) is 10.2 Å². The van der Waals surface area contributed by atoms with Crippen molar-refractivity contribution in [3.8, 4) is 11.4 Å². The monoisotopic (exact) mass is 428 g/mol. The number of cyclic esters (lactones) is 1. The molecule has 31 heavy (non-hydrogen) atoms. The summed E-state index contributed by atoms with van der Waals surface area (Å²) in [6.45, 7) is 2.87. The maximum atomic E-state index is 12.7. The number of aromatic nitrogens is 4. The number of carbonyl (C=O) groups excluding carboxylic acids is 3. The molecule has 2 aliphatic heterocycles. The molecule has 11 nitrogen and oxygen atoms in total. The average Bonchev–Trinajstić information content (AvgIpc) is 3.41. The highest BCUT2D eigenvalue weighted by molar-refractivity contribution is 5.84. The second-order valence-electron chi connectivity index (χ2n) is 7.37. The number of piperidine rings is 1. The lowest BCUT2D eigenvalue weighted by molar-refractivity contribution is -0.149. The van der Waals surface area contributed by atoms with E-state index in [1.165, 1.54) is 9.70 Å². The summed E-state index contributed by atoms with van der Waals surface area (Å²) in [5, 5.41) is 12.3. The van der Waals surface area contributed by atoms with Crippen LogP contribution in [0.15, 0.2) is 30.3 Å². The number of tetrazole rings is 1. The second kappa shape index (κ2) is 9.11. The van der Waals surface area contributed by atoms with Gasteiger partial charge in [-0.25, -0.2) is 9.59 Å². The zero-order valence-corrected chi connectivity index (χ0v) is 17.2. The molecule has 1 aromatic heterocycles. The van der Waals surface area contributed by atoms with Crippen molar-refractivity contribution in [2.24, 2.45) is 0 Å². The van der Waals surface area contributed by atoms with Crippen LogP contribution in [0, 0.1) is 0 Å². The lowest BCUT2D eigenvalue weighted by Crippen LogP contribution is -2.52. The third kappa shape index (κ3) is 4.49. The van der Waals surface area contributed by atoms with Crippen molar-refractivity contribution in [3.63, 3.8) is 0 Å². The van der Waals surface area contributed by atoms with Crippen LogP contribution >= 0.6 is 0 Å². The summed E-state index contributed by atoms with van der Waals surface area (Å²) >= 11 is 0. The number of rotatable bonds is 6. The Hall–Kier alpha value is -3.50. The largest absolute Gasteiger partial charge is 0.464 e. The number of hydrogen-bond donors (Lipinski definition) is 0. The Kier molecular flexibility index (Phi) is 6.10. The highest BCUT2D eigenvalue weighted by Crippen LogP contribution is 2.25. The van der Waals surface area contributed by atoms with Crippen molar-refractivity contribution in [2.75, 3.05) is 26.3 Å². The standard InChI is InChI=1S/C20H24N6O5/c1-2-30-19(28)16-13-31-20(29)26(16)15-8-10-24(11-9-15)17(27)12-25-22-18(21-23-25)14-6-4-3-5-7-14/h3-7,15-16H,2,8-13H2,1H3. The third-order valence-corrected chi connectivity index (χ3v) is 5.44. The summed E-state index contributed by atoms with van der Waals surface area (Å²) in [6.07, 6.45) is 0.594. The number of esters is 1. The van der Waals surface area contributed by atoms with Crippen LogP contribution in [-0.2, 0) is 25.6 Å². The number of benzene rings is 1. The predicted octanol–water partition coefficient (Wildman–Crippen LogP) is 0.715. The highest BCUT2D eigenvalue weighted by Gasteiger charge is 2.44. The number of carbonyl (C=O) groups is 3. The van der Waals surface area contributed by atoms with Crippen molar-refractivity contribution in [3.05, 3.63) is 30.3 Å². The fourth-order valence-corrected chi connectivity index (χ4v) is 3.88. The minimum atomic E-state index is -0.726. The molecule has 0 radical (unpaired) electrons. The van der Waals surface area contributed by atoms with Gasteiger partial charge in [-0.1, -0.05) is 30.3 Å². The van der Waals surface area contributed by atoms with Gasteiger partial charge in [0.1, 0.15) is 13.2 Å². The number of hydrogen-bond acceptors (Lipinski definition) is 8. The van der Waals surface area contributed by atoms with Crippen LogP contribution in [-0.4, -0.2) is 86.4 Å². The van der Waals surface area contributed by atoms with Crippen LogP contribution in [0.25, 0.3) is 11.4 Å². The van der Waals surface area contributed by atoms with E-state index in [-0.39, 0.29) is 31.7 Å². The number of amides is 2. The first kappa shape index (κ1) is 20.8. The normalized spacial score (nSPS) is 19.4. The molecule has 0 bridgehead atoms. The van der Waals surface area contributed by atoms with Crippen molar-refractivity contribution in [1.29, 1.82) is 0 Å². The molecular weight excluding hydrogens is 404 g/mol. The molecule has 164 valence electrons. The molecule has 1 unspecified atom stereocenters. The van der Waals surface area contributed by atoms with E-state index < -0.39 is 18.1 Å². The lowest BCUT2D eigenvalue weighted by Gasteiger charge is -2.37. The molecular formula is C20H24N6O5. The Morgan fingerprint density at radius 1 is 1.19 bits per heavy atom. The molecule has 0 aliphatic carbocycles. The minimum Gasteiger partial charge on any atom is -0.464 e. The van der Waals surface area contributed by atoms with Crippen LogP contribution < -0.4 is 0 Å². The van der Waals surface area contributed by atoms with Crippen molar-refractivity contribution < 1.29 is 23.9 Å². The molecule has 2 aliphatic rings. The number of nitrogens with zero attached hydrogens (tertiary/aromatic N) is 6. The summed E-state index contributed by atoms with van der Waals surface area (Å²) in [5.74, 6) is -0.121. The second-order valence-corrected chi connectivity index (χ2v) is 7.37. The van der Waals surface area contributed by atoms with E-state index in [2.05, 4.69) is 15.4 Å². The van der Waals surface area contributed by atoms with Gasteiger partial charge in [0.05, 0.1) is 6.61 Å². The Morgan fingerprint density at radius 3 is 2.65 bits per heavy atom. The zero-order valence-electron chi connectivity index (χ0n) is 17.2. The van der Waals surface area contributed by atoms with E-state index in [9.17, 15) is 14.4 Å². The van der Waals surface area contributed by atoms with Gasteiger partial charge in [0.25, 0.3) is 0 Å². The maximum absolute atomic E-state index is 12.7. The van der Waals surface area contributed by atoms with E-state index in [4.69, 9.17) is 9.47 Å². The van der Waals surface area contributed by atoms with E-state index in [0.29, 0.717) is 31.8 Å². The van der Waals surface area contributed by atoms with Crippen molar-refractivity contribution in [2.45, 2.75) is 38.4 Å². The smallest absolute Gasteiger partial charge is 0.410 e. The Balaban J connectivity index is 1.32. The predicted molar refractivity (Wildman–Crippen MR) is 106 cm³/mol. The van der Waals surface area contributed by atoms with Crippen molar-refractivity contribution in [1.82, 2.24) is 30.0 Å². The Labute approximate surface area is 178 Å². The summed E-state index contributed by atoms with van der Waals surface area (Å²) in [5.41, 5.74) is 0.829. The van der Waals surface area contributed by atoms with Gasteiger partial charge in [0.15, 0.2) is 6.04 Å². The topological polar surface area (TPSA) is 120 Å². The summed E-state index contributed by atoms with van der Waals surface area (Å²) in [4.78, 5) is 41.4. The van der Waals surface area contributed by atoms with Gasteiger partial charge in [-0.3, -0.25) is 9.69 Å². The van der Waals surface area contributed by atoms with Gasteiger partial charge >= 0.3 is 12.1 Å². The first-order valence-corrected chi connectivity index (χ1v) is 10.3. The van der Waals surface area contributed by atoms with Crippen LogP contribution in [0.2, 0.25) is 0 Å². The summed E-state index contributed by atoms with van der Waals surface area (Å²) < 4.78 is 10.1. The number of likely N-dealkylation sites (tertiary alicyclic amines) is 1. The average molecular weight is 428 g/mol. The first-order chi connectivity index (χ1) is 15.1. The maximum Gasteiger partial charge on any atom is 0.410 e. The molecule has 2 fully saturated rings. The van der Waals surface area contributed by atoms with Crippen LogP contribution in [0.1, 0.15) is 19.8 Å². The van der Waals surface area contributed by atoms with Crippen LogP contribution in [0.5, 0.6) is 0 Å². The van der Waals surface area contributed by atoms with Gasteiger partial charge in [0, 0.05) is 24.7 Å². The zero-order chi connectivity index (χ0) is 21.8. The van der Waals surface area contributed by atoms with Gasteiger partial charge in [-0.05, 0) is 25.0 Å².